The molecule has 1 aromatic carbocycles. The third kappa shape index (κ3) is 2.98. The van der Waals surface area contributed by atoms with E-state index >= 15 is 0 Å². The van der Waals surface area contributed by atoms with E-state index in [4.69, 9.17) is 9.47 Å². The summed E-state index contributed by atoms with van der Waals surface area (Å²) in [5.74, 6) is 0.941. The molecule has 5 heteroatoms. The standard InChI is InChI=1S/C14H19NO4/c1-3-14(2,9-16)15-13(17)12-8-18-10-6-4-5-7-11(10)19-12/h4-7,12,16H,3,8-9H2,1-2H3,(H,15,17). The first-order valence-electron chi connectivity index (χ1n) is 6.39. The van der Waals surface area contributed by atoms with Gasteiger partial charge in [-0.3, -0.25) is 4.79 Å². The lowest BCUT2D eigenvalue weighted by Gasteiger charge is -2.31. The van der Waals surface area contributed by atoms with Crippen molar-refractivity contribution < 1.29 is 19.4 Å². The molecule has 1 aromatic rings. The Morgan fingerprint density at radius 3 is 2.79 bits per heavy atom. The van der Waals surface area contributed by atoms with Crippen molar-refractivity contribution in [3.63, 3.8) is 0 Å². The smallest absolute Gasteiger partial charge is 0.265 e. The highest BCUT2D eigenvalue weighted by Gasteiger charge is 2.32. The van der Waals surface area contributed by atoms with Crippen LogP contribution in [-0.4, -0.2) is 35.9 Å². The Hall–Kier alpha value is -1.75. The average molecular weight is 265 g/mol. The molecular formula is C14H19NO4. The van der Waals surface area contributed by atoms with Crippen LogP contribution in [0.4, 0.5) is 0 Å². The van der Waals surface area contributed by atoms with Gasteiger partial charge in [0.1, 0.15) is 6.61 Å². The number of aliphatic hydroxyl groups excluding tert-OH is 1. The number of carbonyl (C=O) groups excluding carboxylic acids is 1. The highest BCUT2D eigenvalue weighted by atomic mass is 16.6. The number of hydrogen-bond acceptors (Lipinski definition) is 4. The molecule has 1 amide bonds. The van der Waals surface area contributed by atoms with Gasteiger partial charge in [0.25, 0.3) is 5.91 Å². The van der Waals surface area contributed by atoms with Gasteiger partial charge in [0, 0.05) is 0 Å². The van der Waals surface area contributed by atoms with Crippen molar-refractivity contribution in [2.75, 3.05) is 13.2 Å². The fourth-order valence-electron chi connectivity index (χ4n) is 1.77. The van der Waals surface area contributed by atoms with Crippen molar-refractivity contribution >= 4 is 5.91 Å². The van der Waals surface area contributed by atoms with Crippen molar-refractivity contribution in [2.45, 2.75) is 31.9 Å². The van der Waals surface area contributed by atoms with Gasteiger partial charge in [-0.2, -0.15) is 0 Å². The number of ether oxygens (including phenoxy) is 2. The zero-order valence-corrected chi connectivity index (χ0v) is 11.2. The van der Waals surface area contributed by atoms with Crippen LogP contribution in [0.5, 0.6) is 11.5 Å². The van der Waals surface area contributed by atoms with E-state index in [1.807, 2.05) is 19.1 Å². The minimum atomic E-state index is -0.688. The Kier molecular flexibility index (Phi) is 3.95. The van der Waals surface area contributed by atoms with Crippen LogP contribution in [0.2, 0.25) is 0 Å². The fraction of sp³-hybridized carbons (Fsp3) is 0.500. The molecule has 2 rings (SSSR count). The second kappa shape index (κ2) is 5.48. The number of carbonyl (C=O) groups is 1. The molecule has 2 atom stereocenters. The van der Waals surface area contributed by atoms with Crippen LogP contribution in [0.25, 0.3) is 0 Å². The number of para-hydroxylation sites is 2. The van der Waals surface area contributed by atoms with Crippen molar-refractivity contribution in [1.29, 1.82) is 0 Å². The summed E-state index contributed by atoms with van der Waals surface area (Å²) in [6.07, 6.45) is -0.0494. The fourth-order valence-corrected chi connectivity index (χ4v) is 1.77. The molecule has 0 aliphatic carbocycles. The average Bonchev–Trinajstić information content (AvgIpc) is 2.46. The lowest BCUT2D eigenvalue weighted by Crippen LogP contribution is -2.54. The molecule has 5 nitrogen and oxygen atoms in total. The minimum Gasteiger partial charge on any atom is -0.485 e. The first-order valence-corrected chi connectivity index (χ1v) is 6.39. The maximum atomic E-state index is 12.1. The van der Waals surface area contributed by atoms with Crippen LogP contribution in [0.15, 0.2) is 24.3 Å². The molecule has 19 heavy (non-hydrogen) atoms. The van der Waals surface area contributed by atoms with E-state index < -0.39 is 11.6 Å². The van der Waals surface area contributed by atoms with Crippen LogP contribution in [0, 0.1) is 0 Å². The molecule has 0 bridgehead atoms. The van der Waals surface area contributed by atoms with Gasteiger partial charge in [-0.25, -0.2) is 0 Å². The summed E-state index contributed by atoms with van der Waals surface area (Å²) in [7, 11) is 0. The van der Waals surface area contributed by atoms with E-state index in [-0.39, 0.29) is 19.1 Å². The Bertz CT molecular complexity index is 457. The predicted molar refractivity (Wildman–Crippen MR) is 70.3 cm³/mol. The molecule has 2 unspecified atom stereocenters. The Morgan fingerprint density at radius 1 is 1.47 bits per heavy atom. The number of hydrogen-bond donors (Lipinski definition) is 2. The molecule has 0 radical (unpaired) electrons. The van der Waals surface area contributed by atoms with Gasteiger partial charge in [-0.05, 0) is 25.5 Å². The van der Waals surface area contributed by atoms with E-state index in [0.29, 0.717) is 17.9 Å². The Labute approximate surface area is 112 Å². The Balaban J connectivity index is 2.03. The topological polar surface area (TPSA) is 67.8 Å². The predicted octanol–water partition coefficient (Wildman–Crippen LogP) is 1.10. The number of benzene rings is 1. The zero-order valence-electron chi connectivity index (χ0n) is 11.2. The largest absolute Gasteiger partial charge is 0.485 e. The van der Waals surface area contributed by atoms with Gasteiger partial charge in [0.2, 0.25) is 6.10 Å². The van der Waals surface area contributed by atoms with Gasteiger partial charge in [0.05, 0.1) is 12.1 Å². The van der Waals surface area contributed by atoms with E-state index in [2.05, 4.69) is 5.32 Å². The van der Waals surface area contributed by atoms with Crippen molar-refractivity contribution in [1.82, 2.24) is 5.32 Å². The van der Waals surface area contributed by atoms with Crippen LogP contribution < -0.4 is 14.8 Å². The van der Waals surface area contributed by atoms with Gasteiger partial charge < -0.3 is 19.9 Å². The second-order valence-electron chi connectivity index (χ2n) is 4.93. The maximum Gasteiger partial charge on any atom is 0.265 e. The summed E-state index contributed by atoms with van der Waals surface area (Å²) in [5, 5.41) is 12.1. The molecule has 1 aliphatic rings. The van der Waals surface area contributed by atoms with Crippen LogP contribution in [-0.2, 0) is 4.79 Å². The zero-order chi connectivity index (χ0) is 13.9. The second-order valence-corrected chi connectivity index (χ2v) is 4.93. The molecule has 0 aromatic heterocycles. The van der Waals surface area contributed by atoms with E-state index in [9.17, 15) is 9.90 Å². The third-order valence-corrected chi connectivity index (χ3v) is 3.36. The van der Waals surface area contributed by atoms with Crippen molar-refractivity contribution in [3.8, 4) is 11.5 Å². The van der Waals surface area contributed by atoms with Crippen LogP contribution in [0.1, 0.15) is 20.3 Å². The van der Waals surface area contributed by atoms with Crippen LogP contribution >= 0.6 is 0 Å². The van der Waals surface area contributed by atoms with Gasteiger partial charge in [-0.1, -0.05) is 19.1 Å². The minimum absolute atomic E-state index is 0.112. The number of rotatable bonds is 4. The monoisotopic (exact) mass is 265 g/mol. The molecule has 1 heterocycles. The van der Waals surface area contributed by atoms with E-state index in [0.717, 1.165) is 0 Å². The lowest BCUT2D eigenvalue weighted by atomic mass is 10.00. The third-order valence-electron chi connectivity index (χ3n) is 3.36. The number of amides is 1. The van der Waals surface area contributed by atoms with Crippen LogP contribution in [0.3, 0.4) is 0 Å². The highest BCUT2D eigenvalue weighted by molar-refractivity contribution is 5.82. The highest BCUT2D eigenvalue weighted by Crippen LogP contribution is 2.31. The summed E-state index contributed by atoms with van der Waals surface area (Å²) >= 11 is 0. The first kappa shape index (κ1) is 13.7. The quantitative estimate of drug-likeness (QED) is 0.855. The first-order chi connectivity index (χ1) is 9.08. The number of nitrogens with one attached hydrogen (secondary N) is 1. The molecule has 0 saturated heterocycles. The summed E-state index contributed by atoms with van der Waals surface area (Å²) < 4.78 is 11.1. The molecule has 0 spiro atoms. The molecular weight excluding hydrogens is 246 g/mol. The number of aliphatic hydroxyl groups is 1. The van der Waals surface area contributed by atoms with Gasteiger partial charge in [0.15, 0.2) is 11.5 Å². The van der Waals surface area contributed by atoms with Crippen molar-refractivity contribution in [3.05, 3.63) is 24.3 Å². The van der Waals surface area contributed by atoms with Gasteiger partial charge in [-0.15, -0.1) is 0 Å². The Morgan fingerprint density at radius 2 is 2.16 bits per heavy atom. The summed E-state index contributed by atoms with van der Waals surface area (Å²) in [6, 6.07) is 7.24. The molecule has 1 aliphatic heterocycles. The van der Waals surface area contributed by atoms with E-state index in [1.165, 1.54) is 0 Å². The van der Waals surface area contributed by atoms with Crippen molar-refractivity contribution in [2.24, 2.45) is 0 Å². The SMILES string of the molecule is CCC(C)(CO)NC(=O)C1COc2ccccc2O1. The van der Waals surface area contributed by atoms with Gasteiger partial charge >= 0.3 is 0 Å². The molecule has 0 fully saturated rings. The molecule has 0 saturated carbocycles. The normalized spacial score (nSPS) is 20.5. The summed E-state index contributed by atoms with van der Waals surface area (Å²) in [4.78, 5) is 12.1. The number of fused-ring (bicyclic) bond motifs is 1. The molecule has 2 N–H and O–H groups in total. The van der Waals surface area contributed by atoms with E-state index in [1.54, 1.807) is 19.1 Å². The maximum absolute atomic E-state index is 12.1. The summed E-state index contributed by atoms with van der Waals surface area (Å²) in [5.41, 5.74) is -0.628. The molecule has 104 valence electrons. The lowest BCUT2D eigenvalue weighted by molar-refractivity contribution is -0.132. The summed E-state index contributed by atoms with van der Waals surface area (Å²) in [6.45, 7) is 3.76.